The van der Waals surface area contributed by atoms with E-state index in [1.165, 1.54) is 6.33 Å². The van der Waals surface area contributed by atoms with E-state index in [-0.39, 0.29) is 24.5 Å². The Hall–Kier alpha value is -2.36. The first-order valence-electron chi connectivity index (χ1n) is 8.13. The number of urea groups is 1. The number of nitrogens with one attached hydrogen (secondary N) is 3. The molecule has 0 spiro atoms. The van der Waals surface area contributed by atoms with Crippen molar-refractivity contribution in [1.82, 2.24) is 30.6 Å². The van der Waals surface area contributed by atoms with Crippen molar-refractivity contribution in [3.63, 3.8) is 0 Å². The van der Waals surface area contributed by atoms with Gasteiger partial charge in [0.1, 0.15) is 11.8 Å². The normalized spacial score (nSPS) is 24.2. The summed E-state index contributed by atoms with van der Waals surface area (Å²) >= 11 is 1.87. The molecule has 2 aromatic heterocycles. The van der Waals surface area contributed by atoms with Crippen LogP contribution in [0.2, 0.25) is 0 Å². The van der Waals surface area contributed by atoms with Crippen LogP contribution in [0.3, 0.4) is 0 Å². The fraction of sp³-hybridized carbons (Fsp3) is 0.533. The molecule has 0 saturated carbocycles. The van der Waals surface area contributed by atoms with E-state index < -0.39 is 5.97 Å². The van der Waals surface area contributed by atoms with Crippen molar-refractivity contribution in [3.05, 3.63) is 18.9 Å². The van der Waals surface area contributed by atoms with Gasteiger partial charge in [0, 0.05) is 17.4 Å². The highest BCUT2D eigenvalue weighted by Crippen LogP contribution is 2.33. The van der Waals surface area contributed by atoms with Gasteiger partial charge in [-0.2, -0.15) is 11.8 Å². The lowest BCUT2D eigenvalue weighted by Gasteiger charge is -2.16. The summed E-state index contributed by atoms with van der Waals surface area (Å²) in [5, 5.41) is 14.8. The van der Waals surface area contributed by atoms with Crippen molar-refractivity contribution in [1.29, 1.82) is 0 Å². The minimum absolute atomic E-state index is 0.0640. The van der Waals surface area contributed by atoms with E-state index >= 15 is 0 Å². The summed E-state index contributed by atoms with van der Waals surface area (Å²) < 4.78 is 0. The van der Waals surface area contributed by atoms with Crippen molar-refractivity contribution < 1.29 is 14.7 Å². The second-order valence-electron chi connectivity index (χ2n) is 5.92. The molecule has 2 amide bonds. The molecular formula is C15H20N6O3S. The van der Waals surface area contributed by atoms with E-state index in [1.807, 2.05) is 11.8 Å². The molecule has 4 rings (SSSR count). The van der Waals surface area contributed by atoms with Crippen molar-refractivity contribution in [3.8, 4) is 0 Å². The number of amides is 2. The highest BCUT2D eigenvalue weighted by molar-refractivity contribution is 8.00. The van der Waals surface area contributed by atoms with Gasteiger partial charge in [0.2, 0.25) is 0 Å². The van der Waals surface area contributed by atoms with Gasteiger partial charge in [0.05, 0.1) is 24.6 Å². The minimum Gasteiger partial charge on any atom is -0.481 e. The fourth-order valence-electron chi connectivity index (χ4n) is 2.96. The number of fused-ring (bicyclic) bond motifs is 2. The van der Waals surface area contributed by atoms with E-state index in [4.69, 9.17) is 5.11 Å². The molecule has 134 valence electrons. The smallest absolute Gasteiger partial charge is 0.315 e. The second kappa shape index (κ2) is 8.15. The van der Waals surface area contributed by atoms with Gasteiger partial charge in [-0.25, -0.2) is 19.7 Å². The van der Waals surface area contributed by atoms with Gasteiger partial charge in [-0.1, -0.05) is 6.42 Å². The number of imidazole rings is 1. The van der Waals surface area contributed by atoms with Gasteiger partial charge in [-0.3, -0.25) is 4.79 Å². The Bertz CT molecular complexity index is 709. The van der Waals surface area contributed by atoms with Crippen LogP contribution in [0.25, 0.3) is 11.2 Å². The number of aliphatic carboxylic acids is 1. The van der Waals surface area contributed by atoms with Gasteiger partial charge in [-0.05, 0) is 12.8 Å². The number of carbonyl (C=O) groups excluding carboxylic acids is 1. The zero-order chi connectivity index (χ0) is 17.6. The highest BCUT2D eigenvalue weighted by atomic mass is 32.2. The lowest BCUT2D eigenvalue weighted by atomic mass is 10.0. The van der Waals surface area contributed by atoms with Crippen LogP contribution in [0.4, 0.5) is 4.79 Å². The number of carboxylic acids is 1. The molecule has 0 aromatic carbocycles. The van der Waals surface area contributed by atoms with Gasteiger partial charge >= 0.3 is 12.0 Å². The molecule has 2 aromatic rings. The molecule has 0 bridgehead atoms. The van der Waals surface area contributed by atoms with Crippen molar-refractivity contribution in [2.45, 2.75) is 43.0 Å². The molecule has 2 aliphatic rings. The lowest BCUT2D eigenvalue weighted by molar-refractivity contribution is -0.137. The van der Waals surface area contributed by atoms with Crippen LogP contribution < -0.4 is 10.6 Å². The number of carboxylic acid groups (broad SMARTS) is 1. The number of aromatic amines is 1. The fourth-order valence-corrected chi connectivity index (χ4v) is 4.50. The Morgan fingerprint density at radius 3 is 3.00 bits per heavy atom. The molecule has 9 nitrogen and oxygen atoms in total. The molecule has 4 heterocycles. The molecule has 0 unspecified atom stereocenters. The third-order valence-corrected chi connectivity index (χ3v) is 5.67. The van der Waals surface area contributed by atoms with Crippen molar-refractivity contribution >= 4 is 34.9 Å². The first kappa shape index (κ1) is 17.5. The minimum atomic E-state index is -0.729. The maximum atomic E-state index is 11.1. The number of thioether (sulfide) groups is 1. The molecular weight excluding hydrogens is 344 g/mol. The summed E-state index contributed by atoms with van der Waals surface area (Å²) in [5.74, 6) is 0.236. The van der Waals surface area contributed by atoms with E-state index in [1.54, 1.807) is 12.5 Å². The predicted molar refractivity (Wildman–Crippen MR) is 93.3 cm³/mol. The number of aromatic nitrogens is 4. The summed E-state index contributed by atoms with van der Waals surface area (Å²) in [7, 11) is 0. The van der Waals surface area contributed by atoms with Gasteiger partial charge in [-0.15, -0.1) is 0 Å². The quantitative estimate of drug-likeness (QED) is 0.462. The number of hydrogen-bond donors (Lipinski definition) is 4. The predicted octanol–water partition coefficient (Wildman–Crippen LogP) is 1.15. The molecule has 2 aliphatic heterocycles. The number of nitrogens with zero attached hydrogens (tertiary/aromatic N) is 3. The molecule has 2 saturated heterocycles. The monoisotopic (exact) mass is 364 g/mol. The number of carbonyl (C=O) groups is 2. The van der Waals surface area contributed by atoms with E-state index in [9.17, 15) is 9.59 Å². The molecule has 10 heteroatoms. The van der Waals surface area contributed by atoms with Gasteiger partial charge in [0.25, 0.3) is 0 Å². The van der Waals surface area contributed by atoms with Crippen LogP contribution in [0.1, 0.15) is 25.7 Å². The van der Waals surface area contributed by atoms with Crippen LogP contribution in [-0.4, -0.2) is 60.1 Å². The van der Waals surface area contributed by atoms with Crippen LogP contribution in [-0.2, 0) is 4.79 Å². The largest absolute Gasteiger partial charge is 0.481 e. The lowest BCUT2D eigenvalue weighted by Crippen LogP contribution is -2.36. The molecule has 4 N–H and O–H groups in total. The second-order valence-corrected chi connectivity index (χ2v) is 7.20. The van der Waals surface area contributed by atoms with Crippen LogP contribution in [0.15, 0.2) is 18.9 Å². The Balaban J connectivity index is 0.000000170. The molecule has 0 aliphatic carbocycles. The summed E-state index contributed by atoms with van der Waals surface area (Å²) in [6.45, 7) is 0. The zero-order valence-electron chi connectivity index (χ0n) is 13.5. The van der Waals surface area contributed by atoms with Gasteiger partial charge < -0.3 is 20.7 Å². The molecule has 3 atom stereocenters. The third kappa shape index (κ3) is 4.59. The van der Waals surface area contributed by atoms with Crippen LogP contribution in [0.5, 0.6) is 0 Å². The maximum Gasteiger partial charge on any atom is 0.315 e. The maximum absolute atomic E-state index is 11.1. The van der Waals surface area contributed by atoms with E-state index in [2.05, 4.69) is 30.6 Å². The number of unbranched alkanes of at least 4 members (excludes halogenated alkanes) is 1. The Morgan fingerprint density at radius 1 is 1.32 bits per heavy atom. The highest BCUT2D eigenvalue weighted by Gasteiger charge is 2.42. The topological polar surface area (TPSA) is 133 Å². The van der Waals surface area contributed by atoms with E-state index in [0.717, 1.165) is 30.5 Å². The summed E-state index contributed by atoms with van der Waals surface area (Å²) in [6, 6.07) is 0.440. The Labute approximate surface area is 148 Å². The summed E-state index contributed by atoms with van der Waals surface area (Å²) in [5.41, 5.74) is 1.59. The summed E-state index contributed by atoms with van der Waals surface area (Å²) in [6.07, 6.45) is 7.64. The first-order chi connectivity index (χ1) is 12.1. The number of H-pyrrole nitrogens is 1. The molecule has 0 radical (unpaired) electrons. The summed E-state index contributed by atoms with van der Waals surface area (Å²) in [4.78, 5) is 35.9. The van der Waals surface area contributed by atoms with Crippen molar-refractivity contribution in [2.75, 3.05) is 5.75 Å². The SMILES string of the molecule is O=C(O)CCCC[C@@H]1SC[C@@H]2NC(=O)N[C@@H]21.c1ncc2[nH]cnc2n1. The zero-order valence-corrected chi connectivity index (χ0v) is 14.3. The average Bonchev–Trinajstić information content (AvgIpc) is 3.28. The Kier molecular flexibility index (Phi) is 5.69. The molecule has 25 heavy (non-hydrogen) atoms. The molecule has 2 fully saturated rings. The third-order valence-electron chi connectivity index (χ3n) is 4.17. The van der Waals surface area contributed by atoms with Crippen LogP contribution >= 0.6 is 11.8 Å². The number of rotatable bonds is 5. The van der Waals surface area contributed by atoms with Crippen molar-refractivity contribution in [2.24, 2.45) is 0 Å². The number of hydrogen-bond acceptors (Lipinski definition) is 6. The van der Waals surface area contributed by atoms with Crippen LogP contribution in [0, 0.1) is 0 Å². The first-order valence-corrected chi connectivity index (χ1v) is 9.18. The average molecular weight is 364 g/mol. The van der Waals surface area contributed by atoms with E-state index in [0.29, 0.717) is 10.9 Å². The standard InChI is InChI=1S/C10H16N2O3S.C5H4N4/c13-8(14)4-2-1-3-7-9-6(5-16-7)11-10(15)12-9;1-4-5(8-2-6-1)9-3-7-4/h6-7,9H,1-5H2,(H,13,14)(H2,11,12,15);1-3H,(H,6,7,8,9)/t6-,7-,9-;/m0./s1. The Morgan fingerprint density at radius 2 is 2.20 bits per heavy atom. The van der Waals surface area contributed by atoms with Gasteiger partial charge in [0.15, 0.2) is 5.65 Å².